The lowest BCUT2D eigenvalue weighted by Gasteiger charge is -2.05. The van der Waals surface area contributed by atoms with Crippen LogP contribution >= 0.6 is 0 Å². The third-order valence-corrected chi connectivity index (χ3v) is 2.26. The molecule has 82 valence electrons. The van der Waals surface area contributed by atoms with Gasteiger partial charge < -0.3 is 4.57 Å². The molecule has 0 N–H and O–H groups in total. The Balaban J connectivity index is 2.75. The van der Waals surface area contributed by atoms with Crippen LogP contribution in [-0.2, 0) is 13.2 Å². The van der Waals surface area contributed by atoms with E-state index in [2.05, 4.69) is 4.98 Å². The molecule has 0 aliphatic rings. The van der Waals surface area contributed by atoms with E-state index in [1.807, 2.05) is 6.07 Å². The molecule has 6 heteroatoms. The Labute approximate surface area is 88.7 Å². The van der Waals surface area contributed by atoms with E-state index in [0.717, 1.165) is 4.57 Å². The highest BCUT2D eigenvalue weighted by molar-refractivity contribution is 5.77. The van der Waals surface area contributed by atoms with Gasteiger partial charge in [0.2, 0.25) is 5.82 Å². The number of fused-ring (bicyclic) bond motifs is 1. The zero-order valence-electron chi connectivity index (χ0n) is 8.21. The first-order valence-corrected chi connectivity index (χ1v) is 4.37. The fourth-order valence-electron chi connectivity index (χ4n) is 1.51. The molecule has 0 aliphatic heterocycles. The van der Waals surface area contributed by atoms with Crippen LogP contribution in [0, 0.1) is 11.3 Å². The van der Waals surface area contributed by atoms with Crippen molar-refractivity contribution in [3.8, 4) is 6.07 Å². The predicted molar refractivity (Wildman–Crippen MR) is 50.4 cm³/mol. The Morgan fingerprint density at radius 2 is 2.06 bits per heavy atom. The van der Waals surface area contributed by atoms with Gasteiger partial charge >= 0.3 is 6.18 Å². The van der Waals surface area contributed by atoms with Gasteiger partial charge in [-0.1, -0.05) is 0 Å². The zero-order valence-corrected chi connectivity index (χ0v) is 8.21. The number of nitrogens with zero attached hydrogens (tertiary/aromatic N) is 3. The summed E-state index contributed by atoms with van der Waals surface area (Å²) in [6, 6.07) is 6.10. The Hall–Kier alpha value is -2.03. The lowest BCUT2D eigenvalue weighted by Crippen LogP contribution is -2.12. The van der Waals surface area contributed by atoms with Crippen molar-refractivity contribution in [1.82, 2.24) is 9.55 Å². The number of alkyl halides is 3. The maximum atomic E-state index is 12.5. The van der Waals surface area contributed by atoms with Crippen molar-refractivity contribution in [3.05, 3.63) is 29.6 Å². The summed E-state index contributed by atoms with van der Waals surface area (Å²) in [6.07, 6.45) is -4.49. The molecule has 1 aromatic carbocycles. The number of hydrogen-bond donors (Lipinski definition) is 0. The van der Waals surface area contributed by atoms with E-state index in [0.29, 0.717) is 11.1 Å². The molecule has 3 nitrogen and oxygen atoms in total. The quantitative estimate of drug-likeness (QED) is 0.691. The van der Waals surface area contributed by atoms with Gasteiger partial charge in [-0.2, -0.15) is 18.4 Å². The average Bonchev–Trinajstić information content (AvgIpc) is 2.55. The first kappa shape index (κ1) is 10.5. The molecule has 16 heavy (non-hydrogen) atoms. The van der Waals surface area contributed by atoms with E-state index in [1.165, 1.54) is 25.2 Å². The molecular formula is C10H6F3N3. The Bertz CT molecular complexity index is 590. The van der Waals surface area contributed by atoms with Crippen LogP contribution in [0.2, 0.25) is 0 Å². The van der Waals surface area contributed by atoms with Crippen molar-refractivity contribution < 1.29 is 13.2 Å². The van der Waals surface area contributed by atoms with Gasteiger partial charge in [-0.05, 0) is 18.2 Å². The fourth-order valence-corrected chi connectivity index (χ4v) is 1.51. The minimum Gasteiger partial charge on any atom is -0.323 e. The summed E-state index contributed by atoms with van der Waals surface area (Å²) >= 11 is 0. The van der Waals surface area contributed by atoms with Crippen molar-refractivity contribution >= 4 is 11.0 Å². The van der Waals surface area contributed by atoms with Crippen LogP contribution in [-0.4, -0.2) is 9.55 Å². The molecule has 0 fully saturated rings. The number of benzene rings is 1. The van der Waals surface area contributed by atoms with Crippen LogP contribution in [0.25, 0.3) is 11.0 Å². The summed E-state index contributed by atoms with van der Waals surface area (Å²) in [4.78, 5) is 3.49. The summed E-state index contributed by atoms with van der Waals surface area (Å²) < 4.78 is 38.5. The number of hydrogen-bond acceptors (Lipinski definition) is 2. The summed E-state index contributed by atoms with van der Waals surface area (Å²) in [5.74, 6) is -0.961. The molecule has 0 saturated carbocycles. The van der Waals surface area contributed by atoms with Gasteiger partial charge in [0.1, 0.15) is 0 Å². The van der Waals surface area contributed by atoms with Crippen LogP contribution in [0.5, 0.6) is 0 Å². The highest BCUT2D eigenvalue weighted by Crippen LogP contribution is 2.30. The number of halogens is 3. The normalized spacial score (nSPS) is 11.7. The second-order valence-corrected chi connectivity index (χ2v) is 3.31. The predicted octanol–water partition coefficient (Wildman–Crippen LogP) is 2.46. The highest BCUT2D eigenvalue weighted by Gasteiger charge is 2.36. The topological polar surface area (TPSA) is 41.6 Å². The number of aromatic nitrogens is 2. The first-order valence-electron chi connectivity index (χ1n) is 4.37. The minimum absolute atomic E-state index is 0.230. The smallest absolute Gasteiger partial charge is 0.323 e. The van der Waals surface area contributed by atoms with E-state index in [-0.39, 0.29) is 5.52 Å². The molecule has 0 spiro atoms. The number of imidazole rings is 1. The van der Waals surface area contributed by atoms with Crippen molar-refractivity contribution in [2.24, 2.45) is 7.05 Å². The SMILES string of the molecule is Cn1c(C(F)(F)F)nc2ccc(C#N)cc21. The standard InChI is InChI=1S/C10H6F3N3/c1-16-8-4-6(5-14)2-3-7(8)15-9(16)10(11,12)13/h2-4H,1H3. The molecule has 0 bridgehead atoms. The Morgan fingerprint density at radius 3 is 2.62 bits per heavy atom. The van der Waals surface area contributed by atoms with Gasteiger partial charge in [0.15, 0.2) is 0 Å². The van der Waals surface area contributed by atoms with Crippen molar-refractivity contribution in [2.45, 2.75) is 6.18 Å². The molecule has 0 saturated heterocycles. The molecule has 0 atom stereocenters. The van der Waals surface area contributed by atoms with Gasteiger partial charge in [-0.15, -0.1) is 0 Å². The molecule has 2 aromatic rings. The van der Waals surface area contributed by atoms with Crippen molar-refractivity contribution in [1.29, 1.82) is 5.26 Å². The Kier molecular flexibility index (Phi) is 2.12. The number of rotatable bonds is 0. The lowest BCUT2D eigenvalue weighted by molar-refractivity contribution is -0.146. The van der Waals surface area contributed by atoms with Crippen LogP contribution in [0.1, 0.15) is 11.4 Å². The summed E-state index contributed by atoms with van der Waals surface area (Å²) in [5, 5.41) is 8.65. The first-order chi connectivity index (χ1) is 7.43. The van der Waals surface area contributed by atoms with E-state index in [4.69, 9.17) is 5.26 Å². The lowest BCUT2D eigenvalue weighted by atomic mass is 10.2. The molecule has 0 aliphatic carbocycles. The molecule has 1 aromatic heterocycles. The van der Waals surface area contributed by atoms with Crippen LogP contribution in [0.15, 0.2) is 18.2 Å². The van der Waals surface area contributed by atoms with E-state index in [9.17, 15) is 13.2 Å². The second kappa shape index (κ2) is 3.23. The number of aryl methyl sites for hydroxylation is 1. The maximum absolute atomic E-state index is 12.5. The fraction of sp³-hybridized carbons (Fsp3) is 0.200. The van der Waals surface area contributed by atoms with Crippen LogP contribution in [0.4, 0.5) is 13.2 Å². The third-order valence-electron chi connectivity index (χ3n) is 2.26. The average molecular weight is 225 g/mol. The molecular weight excluding hydrogens is 219 g/mol. The zero-order chi connectivity index (χ0) is 11.9. The monoisotopic (exact) mass is 225 g/mol. The second-order valence-electron chi connectivity index (χ2n) is 3.31. The van der Waals surface area contributed by atoms with Crippen molar-refractivity contribution in [2.75, 3.05) is 0 Å². The van der Waals surface area contributed by atoms with E-state index >= 15 is 0 Å². The van der Waals surface area contributed by atoms with Gasteiger partial charge in [0.25, 0.3) is 0 Å². The van der Waals surface area contributed by atoms with Gasteiger partial charge in [-0.3, -0.25) is 0 Å². The van der Waals surface area contributed by atoms with Crippen molar-refractivity contribution in [3.63, 3.8) is 0 Å². The molecule has 0 unspecified atom stereocenters. The summed E-state index contributed by atoms with van der Waals surface area (Å²) in [7, 11) is 1.28. The van der Waals surface area contributed by atoms with Gasteiger partial charge in [0.05, 0.1) is 22.7 Å². The Morgan fingerprint density at radius 1 is 1.38 bits per heavy atom. The minimum atomic E-state index is -4.49. The summed E-state index contributed by atoms with van der Waals surface area (Å²) in [6.45, 7) is 0. The molecule has 1 heterocycles. The molecule has 0 radical (unpaired) electrons. The van der Waals surface area contributed by atoms with Gasteiger partial charge in [-0.25, -0.2) is 4.98 Å². The van der Waals surface area contributed by atoms with Crippen LogP contribution < -0.4 is 0 Å². The van der Waals surface area contributed by atoms with E-state index < -0.39 is 12.0 Å². The summed E-state index contributed by atoms with van der Waals surface area (Å²) in [5.41, 5.74) is 0.837. The highest BCUT2D eigenvalue weighted by atomic mass is 19.4. The molecule has 0 amide bonds. The van der Waals surface area contributed by atoms with Crippen LogP contribution in [0.3, 0.4) is 0 Å². The maximum Gasteiger partial charge on any atom is 0.449 e. The largest absolute Gasteiger partial charge is 0.449 e. The number of nitriles is 1. The third kappa shape index (κ3) is 1.50. The molecule has 2 rings (SSSR count). The van der Waals surface area contributed by atoms with Gasteiger partial charge in [0, 0.05) is 7.05 Å². The van der Waals surface area contributed by atoms with E-state index in [1.54, 1.807) is 0 Å².